The van der Waals surface area contributed by atoms with E-state index in [1.807, 2.05) is 6.92 Å². The van der Waals surface area contributed by atoms with Crippen LogP contribution in [0.4, 0.5) is 0 Å². The highest BCUT2D eigenvalue weighted by Crippen LogP contribution is 2.06. The predicted molar refractivity (Wildman–Crippen MR) is 64.3 cm³/mol. The molecule has 15 heavy (non-hydrogen) atoms. The van der Waals surface area contributed by atoms with E-state index in [1.54, 1.807) is 0 Å². The van der Waals surface area contributed by atoms with Gasteiger partial charge in [-0.1, -0.05) is 29.3 Å². The van der Waals surface area contributed by atoms with E-state index in [9.17, 15) is 16.8 Å². The van der Waals surface area contributed by atoms with Crippen molar-refractivity contribution >= 4 is 35.8 Å². The third kappa shape index (κ3) is 9.28. The molecular weight excluding hydrogens is 306 g/mol. The quantitative estimate of drug-likeness (QED) is 0.691. The Balaban J connectivity index is 4.18. The van der Waals surface area contributed by atoms with Gasteiger partial charge in [0.25, 0.3) is 0 Å². The molecule has 8 heteroatoms. The predicted octanol–water partition coefficient (Wildman–Crippen LogP) is 0.472. The molecular formula is C7H16BrNO4S2. The zero-order valence-corrected chi connectivity index (χ0v) is 12.0. The van der Waals surface area contributed by atoms with E-state index in [0.717, 1.165) is 19.1 Å². The smallest absolute Gasteiger partial charge is 0.226 e. The topological polar surface area (TPSA) is 80.3 Å². The number of hydrogen-bond donors (Lipinski definition) is 1. The van der Waals surface area contributed by atoms with Gasteiger partial charge < -0.3 is 0 Å². The van der Waals surface area contributed by atoms with E-state index in [1.165, 1.54) is 0 Å². The van der Waals surface area contributed by atoms with Gasteiger partial charge in [0.2, 0.25) is 10.0 Å². The van der Waals surface area contributed by atoms with Crippen LogP contribution >= 0.6 is 15.9 Å². The molecule has 0 spiro atoms. The van der Waals surface area contributed by atoms with Gasteiger partial charge in [-0.15, -0.1) is 0 Å². The number of halogens is 1. The summed E-state index contributed by atoms with van der Waals surface area (Å²) >= 11 is 3.29. The normalized spacial score (nSPS) is 15.1. The van der Waals surface area contributed by atoms with Crippen LogP contribution < -0.4 is 4.72 Å². The van der Waals surface area contributed by atoms with Crippen molar-refractivity contribution < 1.29 is 16.8 Å². The van der Waals surface area contributed by atoms with Gasteiger partial charge in [0, 0.05) is 17.6 Å². The van der Waals surface area contributed by atoms with Crippen molar-refractivity contribution in [3.05, 3.63) is 0 Å². The molecule has 0 aliphatic carbocycles. The van der Waals surface area contributed by atoms with Crippen LogP contribution in [0.2, 0.25) is 0 Å². The van der Waals surface area contributed by atoms with Crippen LogP contribution in [0.25, 0.3) is 0 Å². The van der Waals surface area contributed by atoms with Crippen molar-refractivity contribution in [2.45, 2.75) is 24.6 Å². The Morgan fingerprint density at radius 1 is 1.27 bits per heavy atom. The Morgan fingerprint density at radius 2 is 1.80 bits per heavy atom. The standard InChI is InChI=1S/C7H16BrNO4S2/c1-3-4-7(8)5-9-15(12,13)6-14(2,10)11/h7,9H,3-6H2,1-2H3. The Kier molecular flexibility index (Phi) is 6.31. The first-order valence-electron chi connectivity index (χ1n) is 4.45. The summed E-state index contributed by atoms with van der Waals surface area (Å²) < 4.78 is 46.3. The second kappa shape index (κ2) is 6.17. The molecule has 0 aliphatic rings. The molecule has 0 saturated carbocycles. The van der Waals surface area contributed by atoms with Crippen LogP contribution in [0, 0.1) is 0 Å². The van der Waals surface area contributed by atoms with E-state index < -0.39 is 24.9 Å². The summed E-state index contributed by atoms with van der Waals surface area (Å²) in [5.41, 5.74) is 0. The van der Waals surface area contributed by atoms with Gasteiger partial charge in [-0.2, -0.15) is 0 Å². The maximum atomic E-state index is 11.2. The molecule has 0 saturated heterocycles. The van der Waals surface area contributed by atoms with Crippen molar-refractivity contribution in [1.82, 2.24) is 4.72 Å². The molecule has 5 nitrogen and oxygen atoms in total. The molecule has 0 heterocycles. The maximum Gasteiger partial charge on any atom is 0.226 e. The van der Waals surface area contributed by atoms with Gasteiger partial charge in [0.1, 0.15) is 0 Å². The lowest BCUT2D eigenvalue weighted by Gasteiger charge is -2.09. The summed E-state index contributed by atoms with van der Waals surface area (Å²) in [6, 6.07) is 0. The molecule has 92 valence electrons. The number of nitrogens with one attached hydrogen (secondary N) is 1. The van der Waals surface area contributed by atoms with E-state index >= 15 is 0 Å². The molecule has 0 aromatic rings. The van der Waals surface area contributed by atoms with Crippen molar-refractivity contribution in [1.29, 1.82) is 0 Å². The number of sulfonamides is 1. The van der Waals surface area contributed by atoms with E-state index in [-0.39, 0.29) is 11.4 Å². The second-order valence-electron chi connectivity index (χ2n) is 3.39. The van der Waals surface area contributed by atoms with Gasteiger partial charge >= 0.3 is 0 Å². The Morgan fingerprint density at radius 3 is 2.20 bits per heavy atom. The summed E-state index contributed by atoms with van der Waals surface area (Å²) in [6.07, 6.45) is 2.66. The summed E-state index contributed by atoms with van der Waals surface area (Å²) in [5.74, 6) is 0. The minimum absolute atomic E-state index is 0.0387. The molecule has 0 aromatic heterocycles. The van der Waals surface area contributed by atoms with Crippen molar-refractivity contribution in [3.8, 4) is 0 Å². The van der Waals surface area contributed by atoms with E-state index in [4.69, 9.17) is 0 Å². The molecule has 0 amide bonds. The summed E-state index contributed by atoms with van der Waals surface area (Å²) in [7, 11) is -7.23. The maximum absolute atomic E-state index is 11.2. The lowest BCUT2D eigenvalue weighted by molar-refractivity contribution is 0.578. The third-order valence-electron chi connectivity index (χ3n) is 1.50. The average Bonchev–Trinajstić information content (AvgIpc) is 1.97. The Bertz CT molecular complexity index is 376. The Hall–Kier alpha value is 0.340. The van der Waals surface area contributed by atoms with E-state index in [0.29, 0.717) is 0 Å². The van der Waals surface area contributed by atoms with Crippen LogP contribution in [-0.2, 0) is 19.9 Å². The highest BCUT2D eigenvalue weighted by molar-refractivity contribution is 9.09. The van der Waals surface area contributed by atoms with Gasteiger partial charge in [-0.05, 0) is 6.42 Å². The van der Waals surface area contributed by atoms with Crippen LogP contribution in [0.5, 0.6) is 0 Å². The van der Waals surface area contributed by atoms with Crippen molar-refractivity contribution in [3.63, 3.8) is 0 Å². The Labute approximate surface area is 99.7 Å². The van der Waals surface area contributed by atoms with Crippen LogP contribution in [0.1, 0.15) is 19.8 Å². The molecule has 0 aliphatic heterocycles. The molecule has 1 atom stereocenters. The number of rotatable bonds is 7. The second-order valence-corrected chi connectivity index (χ2v) is 9.00. The summed E-state index contributed by atoms with van der Waals surface area (Å²) in [5, 5.41) is -0.855. The largest absolute Gasteiger partial charge is 0.228 e. The third-order valence-corrected chi connectivity index (χ3v) is 5.84. The lowest BCUT2D eigenvalue weighted by Crippen LogP contribution is -2.33. The first-order chi connectivity index (χ1) is 6.66. The monoisotopic (exact) mass is 321 g/mol. The van der Waals surface area contributed by atoms with Gasteiger partial charge in [0.15, 0.2) is 14.9 Å². The SMILES string of the molecule is CCCC(Br)CNS(=O)(=O)CS(C)(=O)=O. The fraction of sp³-hybridized carbons (Fsp3) is 1.00. The van der Waals surface area contributed by atoms with Gasteiger partial charge in [-0.25, -0.2) is 21.6 Å². The lowest BCUT2D eigenvalue weighted by atomic mass is 10.2. The molecule has 0 aromatic carbocycles. The number of alkyl halides is 1. The van der Waals surface area contributed by atoms with Crippen molar-refractivity contribution in [2.24, 2.45) is 0 Å². The fourth-order valence-corrected chi connectivity index (χ4v) is 4.83. The number of hydrogen-bond acceptors (Lipinski definition) is 4. The molecule has 0 bridgehead atoms. The molecule has 1 N–H and O–H groups in total. The molecule has 0 fully saturated rings. The molecule has 1 unspecified atom stereocenters. The fourth-order valence-electron chi connectivity index (χ4n) is 0.956. The minimum atomic E-state index is -3.72. The zero-order chi connectivity index (χ0) is 12.1. The first-order valence-corrected chi connectivity index (χ1v) is 9.08. The zero-order valence-electron chi connectivity index (χ0n) is 8.73. The highest BCUT2D eigenvalue weighted by Gasteiger charge is 2.18. The van der Waals surface area contributed by atoms with Crippen LogP contribution in [0.15, 0.2) is 0 Å². The minimum Gasteiger partial charge on any atom is -0.228 e. The van der Waals surface area contributed by atoms with Crippen LogP contribution in [0.3, 0.4) is 0 Å². The van der Waals surface area contributed by atoms with Gasteiger partial charge in [0.05, 0.1) is 0 Å². The highest BCUT2D eigenvalue weighted by atomic mass is 79.9. The summed E-state index contributed by atoms with van der Waals surface area (Å²) in [6.45, 7) is 2.20. The van der Waals surface area contributed by atoms with Gasteiger partial charge in [-0.3, -0.25) is 0 Å². The first kappa shape index (κ1) is 15.3. The average molecular weight is 322 g/mol. The summed E-state index contributed by atoms with van der Waals surface area (Å²) in [4.78, 5) is 0.0387. The molecule has 0 radical (unpaired) electrons. The molecule has 0 rings (SSSR count). The van der Waals surface area contributed by atoms with Crippen molar-refractivity contribution in [2.75, 3.05) is 17.9 Å². The van der Waals surface area contributed by atoms with E-state index in [2.05, 4.69) is 20.7 Å². The van der Waals surface area contributed by atoms with Crippen LogP contribution in [-0.4, -0.2) is 39.5 Å². The number of sulfone groups is 1.